The molecular weight excluding hydrogens is 260 g/mol. The van der Waals surface area contributed by atoms with Crippen molar-refractivity contribution in [3.8, 4) is 0 Å². The summed E-state index contributed by atoms with van der Waals surface area (Å²) in [7, 11) is 4.44. The molecule has 0 bridgehead atoms. The van der Waals surface area contributed by atoms with Gasteiger partial charge < -0.3 is 15.1 Å². The number of hydrogen-bond donors (Lipinski definition) is 1. The van der Waals surface area contributed by atoms with Crippen LogP contribution < -0.4 is 5.32 Å². The Labute approximate surface area is 129 Å². The van der Waals surface area contributed by atoms with Gasteiger partial charge in [-0.2, -0.15) is 0 Å². The van der Waals surface area contributed by atoms with Gasteiger partial charge in [-0.3, -0.25) is 4.98 Å². The highest BCUT2D eigenvalue weighted by molar-refractivity contribution is 5.11. The lowest BCUT2D eigenvalue weighted by atomic mass is 9.96. The molecule has 0 spiro atoms. The Hall–Kier alpha value is -0.970. The van der Waals surface area contributed by atoms with Crippen LogP contribution in [0.15, 0.2) is 18.2 Å². The number of hydrogen-bond acceptors (Lipinski definition) is 4. The zero-order valence-corrected chi connectivity index (χ0v) is 13.8. The fraction of sp³-hybridized carbons (Fsp3) is 0.706. The van der Waals surface area contributed by atoms with Crippen molar-refractivity contribution in [1.82, 2.24) is 20.1 Å². The molecule has 4 nitrogen and oxygen atoms in total. The van der Waals surface area contributed by atoms with Crippen LogP contribution in [0.25, 0.3) is 0 Å². The number of aromatic nitrogens is 1. The van der Waals surface area contributed by atoms with Gasteiger partial charge in [0.15, 0.2) is 0 Å². The SMILES string of the molecule is CCNCc1cccc(CN(C)CC2CCN(C)CC2)n1. The molecule has 4 heteroatoms. The van der Waals surface area contributed by atoms with Crippen LogP contribution in [0.1, 0.15) is 31.2 Å². The number of pyridine rings is 1. The maximum absolute atomic E-state index is 4.74. The fourth-order valence-electron chi connectivity index (χ4n) is 3.00. The fourth-order valence-corrected chi connectivity index (χ4v) is 3.00. The van der Waals surface area contributed by atoms with Gasteiger partial charge in [0.05, 0.1) is 11.4 Å². The molecule has 1 aromatic rings. The smallest absolute Gasteiger partial charge is 0.0547 e. The van der Waals surface area contributed by atoms with Crippen molar-refractivity contribution >= 4 is 0 Å². The van der Waals surface area contributed by atoms with E-state index in [9.17, 15) is 0 Å². The number of nitrogens with one attached hydrogen (secondary N) is 1. The van der Waals surface area contributed by atoms with E-state index in [0.29, 0.717) is 0 Å². The summed E-state index contributed by atoms with van der Waals surface area (Å²) < 4.78 is 0. The van der Waals surface area contributed by atoms with Crippen LogP contribution in [0.2, 0.25) is 0 Å². The molecule has 2 rings (SSSR count). The van der Waals surface area contributed by atoms with E-state index < -0.39 is 0 Å². The van der Waals surface area contributed by atoms with Crippen LogP contribution in [-0.4, -0.2) is 55.1 Å². The minimum absolute atomic E-state index is 0.844. The maximum atomic E-state index is 4.74. The first-order valence-corrected chi connectivity index (χ1v) is 8.20. The molecular formula is C17H30N4. The van der Waals surface area contributed by atoms with E-state index >= 15 is 0 Å². The second kappa shape index (κ2) is 8.47. The molecule has 0 unspecified atom stereocenters. The Balaban J connectivity index is 1.80. The summed E-state index contributed by atoms with van der Waals surface area (Å²) in [6.07, 6.45) is 2.66. The van der Waals surface area contributed by atoms with Gasteiger partial charge in [-0.1, -0.05) is 13.0 Å². The molecule has 118 valence electrons. The van der Waals surface area contributed by atoms with Crippen molar-refractivity contribution in [3.63, 3.8) is 0 Å². The number of rotatable bonds is 7. The molecule has 0 amide bonds. The van der Waals surface area contributed by atoms with E-state index in [1.54, 1.807) is 0 Å². The molecule has 1 saturated heterocycles. The van der Waals surface area contributed by atoms with Gasteiger partial charge in [0, 0.05) is 19.6 Å². The Kier molecular flexibility index (Phi) is 6.61. The van der Waals surface area contributed by atoms with Crippen molar-refractivity contribution in [3.05, 3.63) is 29.6 Å². The van der Waals surface area contributed by atoms with Crippen molar-refractivity contribution in [2.75, 3.05) is 40.3 Å². The van der Waals surface area contributed by atoms with Crippen LogP contribution in [0.5, 0.6) is 0 Å². The predicted octanol–water partition coefficient (Wildman–Crippen LogP) is 1.96. The third-order valence-corrected chi connectivity index (χ3v) is 4.26. The summed E-state index contributed by atoms with van der Waals surface area (Å²) in [6.45, 7) is 8.60. The average molecular weight is 290 g/mol. The van der Waals surface area contributed by atoms with Gasteiger partial charge in [0.1, 0.15) is 0 Å². The van der Waals surface area contributed by atoms with Gasteiger partial charge in [0.25, 0.3) is 0 Å². The molecule has 0 aliphatic carbocycles. The van der Waals surface area contributed by atoms with E-state index in [0.717, 1.165) is 31.2 Å². The third kappa shape index (κ3) is 5.73. The maximum Gasteiger partial charge on any atom is 0.0547 e. The minimum Gasteiger partial charge on any atom is -0.311 e. The van der Waals surface area contributed by atoms with Crippen LogP contribution in [0.4, 0.5) is 0 Å². The molecule has 0 atom stereocenters. The van der Waals surface area contributed by atoms with Crippen molar-refractivity contribution in [2.45, 2.75) is 32.9 Å². The van der Waals surface area contributed by atoms with E-state index in [2.05, 4.69) is 54.3 Å². The van der Waals surface area contributed by atoms with Crippen molar-refractivity contribution in [2.24, 2.45) is 5.92 Å². The summed E-state index contributed by atoms with van der Waals surface area (Å²) in [5, 5.41) is 3.33. The summed E-state index contributed by atoms with van der Waals surface area (Å²) in [5.74, 6) is 0.844. The van der Waals surface area contributed by atoms with Gasteiger partial charge in [0.2, 0.25) is 0 Å². The predicted molar refractivity (Wildman–Crippen MR) is 88.2 cm³/mol. The molecule has 1 aliphatic rings. The first-order valence-electron chi connectivity index (χ1n) is 8.20. The molecule has 2 heterocycles. The topological polar surface area (TPSA) is 31.4 Å². The Morgan fingerprint density at radius 1 is 1.29 bits per heavy atom. The second-order valence-electron chi connectivity index (χ2n) is 6.34. The van der Waals surface area contributed by atoms with E-state index in [4.69, 9.17) is 4.98 Å². The summed E-state index contributed by atoms with van der Waals surface area (Å²) in [6, 6.07) is 6.36. The van der Waals surface area contributed by atoms with Crippen molar-refractivity contribution in [1.29, 1.82) is 0 Å². The minimum atomic E-state index is 0.844. The van der Waals surface area contributed by atoms with E-state index in [1.807, 2.05) is 0 Å². The molecule has 21 heavy (non-hydrogen) atoms. The second-order valence-corrected chi connectivity index (χ2v) is 6.34. The number of nitrogens with zero attached hydrogens (tertiary/aromatic N) is 3. The van der Waals surface area contributed by atoms with Gasteiger partial charge in [-0.05, 0) is 64.6 Å². The van der Waals surface area contributed by atoms with E-state index in [-0.39, 0.29) is 0 Å². The highest BCUT2D eigenvalue weighted by Crippen LogP contribution is 2.17. The molecule has 1 fully saturated rings. The zero-order valence-electron chi connectivity index (χ0n) is 13.8. The average Bonchev–Trinajstić information content (AvgIpc) is 2.48. The van der Waals surface area contributed by atoms with Crippen LogP contribution >= 0.6 is 0 Å². The lowest BCUT2D eigenvalue weighted by Crippen LogP contribution is -2.35. The Morgan fingerprint density at radius 2 is 2.00 bits per heavy atom. The summed E-state index contributed by atoms with van der Waals surface area (Å²) in [5.41, 5.74) is 2.32. The van der Waals surface area contributed by atoms with Crippen LogP contribution in [-0.2, 0) is 13.1 Å². The Morgan fingerprint density at radius 3 is 2.71 bits per heavy atom. The quantitative estimate of drug-likeness (QED) is 0.832. The summed E-state index contributed by atoms with van der Waals surface area (Å²) >= 11 is 0. The van der Waals surface area contributed by atoms with Crippen molar-refractivity contribution < 1.29 is 0 Å². The zero-order chi connectivity index (χ0) is 15.1. The lowest BCUT2D eigenvalue weighted by molar-refractivity contribution is 0.172. The van der Waals surface area contributed by atoms with E-state index in [1.165, 1.54) is 38.2 Å². The van der Waals surface area contributed by atoms with Crippen LogP contribution in [0.3, 0.4) is 0 Å². The third-order valence-electron chi connectivity index (χ3n) is 4.26. The van der Waals surface area contributed by atoms with Crippen LogP contribution in [0, 0.1) is 5.92 Å². The normalized spacial score (nSPS) is 17.5. The van der Waals surface area contributed by atoms with Gasteiger partial charge >= 0.3 is 0 Å². The molecule has 0 aromatic carbocycles. The molecule has 1 aliphatic heterocycles. The lowest BCUT2D eigenvalue weighted by Gasteiger charge is -2.31. The molecule has 0 radical (unpaired) electrons. The first-order chi connectivity index (χ1) is 10.2. The summed E-state index contributed by atoms with van der Waals surface area (Å²) in [4.78, 5) is 9.60. The molecule has 1 aromatic heterocycles. The number of likely N-dealkylation sites (tertiary alicyclic amines) is 1. The molecule has 1 N–H and O–H groups in total. The molecule has 0 saturated carbocycles. The largest absolute Gasteiger partial charge is 0.311 e. The van der Waals surface area contributed by atoms with Gasteiger partial charge in [-0.25, -0.2) is 0 Å². The number of piperidine rings is 1. The van der Waals surface area contributed by atoms with Gasteiger partial charge in [-0.15, -0.1) is 0 Å². The highest BCUT2D eigenvalue weighted by atomic mass is 15.1. The highest BCUT2D eigenvalue weighted by Gasteiger charge is 2.18. The standard InChI is InChI=1S/C17H30N4/c1-4-18-12-16-6-5-7-17(19-16)14-21(3)13-15-8-10-20(2)11-9-15/h5-7,15,18H,4,8-14H2,1-3H3. The first kappa shape index (κ1) is 16.4. The monoisotopic (exact) mass is 290 g/mol. The Bertz CT molecular complexity index is 413.